The van der Waals surface area contributed by atoms with Crippen LogP contribution in [0.3, 0.4) is 0 Å². The number of non-ortho nitro benzene ring substituents is 1. The number of benzene rings is 1. The molecule has 92 valence electrons. The van der Waals surface area contributed by atoms with E-state index in [1.165, 1.54) is 23.9 Å². The second-order valence-electron chi connectivity index (χ2n) is 3.56. The standard InChI is InChI=1S/C12H11N3O2S/c13-7-9-1-6-12(14-8-9)18-11-4-2-10(3-5-11)15(16)17/h1-6,8H,7,13H2. The molecule has 0 spiro atoms. The lowest BCUT2D eigenvalue weighted by atomic mass is 10.3. The highest BCUT2D eigenvalue weighted by molar-refractivity contribution is 7.99. The van der Waals surface area contributed by atoms with Gasteiger partial charge in [0.1, 0.15) is 5.03 Å². The Labute approximate surface area is 108 Å². The molecule has 1 heterocycles. The smallest absolute Gasteiger partial charge is 0.269 e. The summed E-state index contributed by atoms with van der Waals surface area (Å²) >= 11 is 1.45. The Morgan fingerprint density at radius 2 is 1.94 bits per heavy atom. The maximum atomic E-state index is 10.5. The summed E-state index contributed by atoms with van der Waals surface area (Å²) in [5.74, 6) is 0. The van der Waals surface area contributed by atoms with Gasteiger partial charge in [0.05, 0.1) is 4.92 Å². The third kappa shape index (κ3) is 3.06. The first-order chi connectivity index (χ1) is 8.69. The fourth-order valence-electron chi connectivity index (χ4n) is 1.35. The van der Waals surface area contributed by atoms with E-state index in [2.05, 4.69) is 4.98 Å². The summed E-state index contributed by atoms with van der Waals surface area (Å²) in [6.07, 6.45) is 1.73. The van der Waals surface area contributed by atoms with Crippen molar-refractivity contribution in [3.8, 4) is 0 Å². The van der Waals surface area contributed by atoms with E-state index in [-0.39, 0.29) is 5.69 Å². The SMILES string of the molecule is NCc1ccc(Sc2ccc([N+](=O)[O-])cc2)nc1. The maximum Gasteiger partial charge on any atom is 0.269 e. The van der Waals surface area contributed by atoms with E-state index in [0.29, 0.717) is 6.54 Å². The normalized spacial score (nSPS) is 10.3. The molecule has 0 amide bonds. The van der Waals surface area contributed by atoms with Gasteiger partial charge < -0.3 is 5.73 Å². The number of nitro groups is 1. The van der Waals surface area contributed by atoms with Crippen LogP contribution in [-0.2, 0) is 6.54 Å². The average Bonchev–Trinajstić information content (AvgIpc) is 2.40. The fourth-order valence-corrected chi connectivity index (χ4v) is 2.10. The van der Waals surface area contributed by atoms with Crippen molar-refractivity contribution >= 4 is 17.4 Å². The van der Waals surface area contributed by atoms with Crippen molar-refractivity contribution in [3.63, 3.8) is 0 Å². The number of nitrogens with two attached hydrogens (primary N) is 1. The zero-order valence-corrected chi connectivity index (χ0v) is 10.3. The molecular weight excluding hydrogens is 250 g/mol. The van der Waals surface area contributed by atoms with E-state index in [9.17, 15) is 10.1 Å². The quantitative estimate of drug-likeness (QED) is 0.675. The monoisotopic (exact) mass is 261 g/mol. The molecule has 0 bridgehead atoms. The number of pyridine rings is 1. The van der Waals surface area contributed by atoms with Gasteiger partial charge in [-0.2, -0.15) is 0 Å². The van der Waals surface area contributed by atoms with Crippen LogP contribution < -0.4 is 5.73 Å². The second-order valence-corrected chi connectivity index (χ2v) is 4.66. The van der Waals surface area contributed by atoms with Gasteiger partial charge in [-0.25, -0.2) is 4.98 Å². The van der Waals surface area contributed by atoms with Crippen LogP contribution in [0.1, 0.15) is 5.56 Å². The Morgan fingerprint density at radius 3 is 2.44 bits per heavy atom. The zero-order chi connectivity index (χ0) is 13.0. The molecule has 0 aliphatic heterocycles. The van der Waals surface area contributed by atoms with Gasteiger partial charge in [0, 0.05) is 29.8 Å². The number of aromatic nitrogens is 1. The van der Waals surface area contributed by atoms with Crippen molar-refractivity contribution in [3.05, 3.63) is 58.3 Å². The number of rotatable bonds is 4. The van der Waals surface area contributed by atoms with E-state index >= 15 is 0 Å². The molecule has 18 heavy (non-hydrogen) atoms. The van der Waals surface area contributed by atoms with Crippen LogP contribution in [0.5, 0.6) is 0 Å². The van der Waals surface area contributed by atoms with Crippen molar-refractivity contribution in [2.45, 2.75) is 16.5 Å². The molecule has 2 aromatic rings. The van der Waals surface area contributed by atoms with Crippen molar-refractivity contribution in [1.82, 2.24) is 4.98 Å². The summed E-state index contributed by atoms with van der Waals surface area (Å²) in [6.45, 7) is 0.468. The molecule has 0 saturated carbocycles. The second kappa shape index (κ2) is 5.61. The highest BCUT2D eigenvalue weighted by Crippen LogP contribution is 2.27. The third-order valence-electron chi connectivity index (χ3n) is 2.30. The Bertz CT molecular complexity index is 540. The van der Waals surface area contributed by atoms with Gasteiger partial charge in [0.2, 0.25) is 0 Å². The van der Waals surface area contributed by atoms with Crippen LogP contribution in [0.15, 0.2) is 52.5 Å². The minimum atomic E-state index is -0.414. The number of hydrogen-bond acceptors (Lipinski definition) is 5. The lowest BCUT2D eigenvalue weighted by Gasteiger charge is -2.01. The third-order valence-corrected chi connectivity index (χ3v) is 3.26. The molecule has 0 unspecified atom stereocenters. The minimum Gasteiger partial charge on any atom is -0.326 e. The summed E-state index contributed by atoms with van der Waals surface area (Å²) < 4.78 is 0. The number of hydrogen-bond donors (Lipinski definition) is 1. The predicted molar refractivity (Wildman–Crippen MR) is 69.3 cm³/mol. The Kier molecular flexibility index (Phi) is 3.91. The van der Waals surface area contributed by atoms with E-state index in [0.717, 1.165) is 15.5 Å². The van der Waals surface area contributed by atoms with Gasteiger partial charge in [-0.15, -0.1) is 0 Å². The van der Waals surface area contributed by atoms with Crippen LogP contribution in [0.2, 0.25) is 0 Å². The molecule has 0 saturated heterocycles. The summed E-state index contributed by atoms with van der Waals surface area (Å²) in [5.41, 5.74) is 6.55. The molecule has 0 aliphatic carbocycles. The Morgan fingerprint density at radius 1 is 1.22 bits per heavy atom. The molecule has 6 heteroatoms. The van der Waals surface area contributed by atoms with Crippen LogP contribution in [-0.4, -0.2) is 9.91 Å². The predicted octanol–water partition coefficient (Wildman–Crippen LogP) is 2.60. The van der Waals surface area contributed by atoms with Crippen LogP contribution in [0.25, 0.3) is 0 Å². The Balaban J connectivity index is 2.10. The topological polar surface area (TPSA) is 82.0 Å². The number of nitrogens with zero attached hydrogens (tertiary/aromatic N) is 2. The van der Waals surface area contributed by atoms with Gasteiger partial charge >= 0.3 is 0 Å². The van der Waals surface area contributed by atoms with E-state index < -0.39 is 4.92 Å². The molecule has 0 radical (unpaired) electrons. The first-order valence-electron chi connectivity index (χ1n) is 5.26. The summed E-state index contributed by atoms with van der Waals surface area (Å²) in [5, 5.41) is 11.3. The van der Waals surface area contributed by atoms with Crippen molar-refractivity contribution in [1.29, 1.82) is 0 Å². The molecule has 1 aromatic carbocycles. The number of nitro benzene ring substituents is 1. The lowest BCUT2D eigenvalue weighted by molar-refractivity contribution is -0.384. The summed E-state index contributed by atoms with van der Waals surface area (Å²) in [6, 6.07) is 10.2. The van der Waals surface area contributed by atoms with Crippen LogP contribution in [0, 0.1) is 10.1 Å². The largest absolute Gasteiger partial charge is 0.326 e. The molecule has 5 nitrogen and oxygen atoms in total. The molecule has 2 rings (SSSR count). The van der Waals surface area contributed by atoms with Crippen molar-refractivity contribution in [2.24, 2.45) is 5.73 Å². The van der Waals surface area contributed by atoms with Gasteiger partial charge in [-0.3, -0.25) is 10.1 Å². The van der Waals surface area contributed by atoms with E-state index in [4.69, 9.17) is 5.73 Å². The summed E-state index contributed by atoms with van der Waals surface area (Å²) in [7, 11) is 0. The van der Waals surface area contributed by atoms with E-state index in [1.54, 1.807) is 18.3 Å². The van der Waals surface area contributed by atoms with Gasteiger partial charge in [-0.05, 0) is 23.8 Å². The Hall–Kier alpha value is -1.92. The van der Waals surface area contributed by atoms with Gasteiger partial charge in [0.15, 0.2) is 0 Å². The molecular formula is C12H11N3O2S. The van der Waals surface area contributed by atoms with E-state index in [1.807, 2.05) is 12.1 Å². The lowest BCUT2D eigenvalue weighted by Crippen LogP contribution is -1.96. The van der Waals surface area contributed by atoms with Crippen LogP contribution in [0.4, 0.5) is 5.69 Å². The molecule has 2 N–H and O–H groups in total. The highest BCUT2D eigenvalue weighted by atomic mass is 32.2. The van der Waals surface area contributed by atoms with Crippen LogP contribution >= 0.6 is 11.8 Å². The first-order valence-corrected chi connectivity index (χ1v) is 6.08. The summed E-state index contributed by atoms with van der Waals surface area (Å²) in [4.78, 5) is 15.3. The van der Waals surface area contributed by atoms with Gasteiger partial charge in [-0.1, -0.05) is 17.8 Å². The van der Waals surface area contributed by atoms with Gasteiger partial charge in [0.25, 0.3) is 5.69 Å². The minimum absolute atomic E-state index is 0.0887. The average molecular weight is 261 g/mol. The highest BCUT2D eigenvalue weighted by Gasteiger charge is 2.05. The first kappa shape index (κ1) is 12.5. The fraction of sp³-hybridized carbons (Fsp3) is 0.0833. The maximum absolute atomic E-state index is 10.5. The zero-order valence-electron chi connectivity index (χ0n) is 9.45. The van der Waals surface area contributed by atoms with Crippen molar-refractivity contribution < 1.29 is 4.92 Å². The molecule has 0 atom stereocenters. The molecule has 1 aromatic heterocycles. The van der Waals surface area contributed by atoms with Crippen molar-refractivity contribution in [2.75, 3.05) is 0 Å². The molecule has 0 aliphatic rings. The molecule has 0 fully saturated rings.